The van der Waals surface area contributed by atoms with E-state index >= 15 is 0 Å². The van der Waals surface area contributed by atoms with Crippen LogP contribution in [-0.4, -0.2) is 17.5 Å². The number of nitrogens with two attached hydrogens (primary N) is 1. The fourth-order valence-corrected chi connectivity index (χ4v) is 3.59. The zero-order valence-electron chi connectivity index (χ0n) is 10.0. The maximum Gasteiger partial charge on any atom is 0.248 e. The van der Waals surface area contributed by atoms with Gasteiger partial charge in [0.05, 0.1) is 10.7 Å². The maximum atomic E-state index is 13.4. The van der Waals surface area contributed by atoms with Gasteiger partial charge in [0.15, 0.2) is 0 Å². The molecule has 1 saturated carbocycles. The summed E-state index contributed by atoms with van der Waals surface area (Å²) in [7, 11) is 0. The summed E-state index contributed by atoms with van der Waals surface area (Å²) in [5, 5.41) is 0.880. The Balaban J connectivity index is 2.14. The monoisotopic (exact) mass is 260 g/mol. The summed E-state index contributed by atoms with van der Waals surface area (Å²) in [5.41, 5.74) is 6.48. The molecular formula is C12H18F2N2S. The number of halogens is 2. The van der Waals surface area contributed by atoms with Gasteiger partial charge in [-0.3, -0.25) is 0 Å². The topological polar surface area (TPSA) is 38.9 Å². The maximum absolute atomic E-state index is 13.4. The van der Waals surface area contributed by atoms with E-state index in [4.69, 9.17) is 5.73 Å². The minimum absolute atomic E-state index is 0.0313. The molecule has 5 heteroatoms. The third-order valence-electron chi connectivity index (χ3n) is 3.27. The number of alkyl halides is 2. The number of aromatic nitrogens is 1. The lowest BCUT2D eigenvalue weighted by atomic mass is 9.87. The first-order chi connectivity index (χ1) is 8.02. The Bertz CT molecular complexity index is 390. The summed E-state index contributed by atoms with van der Waals surface area (Å²) < 4.78 is 26.7. The Labute approximate surface area is 104 Å². The van der Waals surface area contributed by atoms with Gasteiger partial charge < -0.3 is 5.73 Å². The minimum atomic E-state index is -2.50. The van der Waals surface area contributed by atoms with Crippen molar-refractivity contribution >= 4 is 11.3 Å². The van der Waals surface area contributed by atoms with Crippen LogP contribution in [0.2, 0.25) is 0 Å². The third kappa shape index (κ3) is 3.01. The van der Waals surface area contributed by atoms with E-state index in [0.717, 1.165) is 28.4 Å². The average molecular weight is 260 g/mol. The summed E-state index contributed by atoms with van der Waals surface area (Å²) in [6, 6.07) is 0. The van der Waals surface area contributed by atoms with Crippen molar-refractivity contribution in [2.75, 3.05) is 6.54 Å². The summed E-state index contributed by atoms with van der Waals surface area (Å²) in [6.07, 6.45) is 2.23. The second-order valence-corrected chi connectivity index (χ2v) is 5.86. The first-order valence-corrected chi connectivity index (χ1v) is 6.87. The van der Waals surface area contributed by atoms with E-state index in [-0.39, 0.29) is 18.8 Å². The SMILES string of the molecule is Cc1nc(C2CCCC(F)(F)C2)sc1CCN. The van der Waals surface area contributed by atoms with Crippen molar-refractivity contribution in [1.82, 2.24) is 4.98 Å². The van der Waals surface area contributed by atoms with E-state index in [1.165, 1.54) is 0 Å². The summed E-state index contributed by atoms with van der Waals surface area (Å²) >= 11 is 1.57. The van der Waals surface area contributed by atoms with Crippen molar-refractivity contribution in [3.05, 3.63) is 15.6 Å². The zero-order valence-corrected chi connectivity index (χ0v) is 10.8. The van der Waals surface area contributed by atoms with Crippen LogP contribution >= 0.6 is 11.3 Å². The first kappa shape index (κ1) is 12.9. The predicted molar refractivity (Wildman–Crippen MR) is 65.8 cm³/mol. The van der Waals surface area contributed by atoms with Crippen LogP contribution in [-0.2, 0) is 6.42 Å². The number of hydrogen-bond acceptors (Lipinski definition) is 3. The Kier molecular flexibility index (Phi) is 3.78. The van der Waals surface area contributed by atoms with E-state index < -0.39 is 5.92 Å². The largest absolute Gasteiger partial charge is 0.330 e. The molecule has 0 aliphatic heterocycles. The van der Waals surface area contributed by atoms with Crippen molar-refractivity contribution < 1.29 is 8.78 Å². The lowest BCUT2D eigenvalue weighted by Gasteiger charge is -2.27. The van der Waals surface area contributed by atoms with Crippen LogP contribution < -0.4 is 5.73 Å². The van der Waals surface area contributed by atoms with Gasteiger partial charge in [-0.1, -0.05) is 0 Å². The molecule has 1 aliphatic rings. The zero-order chi connectivity index (χ0) is 12.5. The molecular weight excluding hydrogens is 242 g/mol. The number of hydrogen-bond donors (Lipinski definition) is 1. The summed E-state index contributed by atoms with van der Waals surface area (Å²) in [5.74, 6) is -2.56. The molecule has 1 heterocycles. The van der Waals surface area contributed by atoms with Gasteiger partial charge in [0.25, 0.3) is 0 Å². The molecule has 0 amide bonds. The highest BCUT2D eigenvalue weighted by molar-refractivity contribution is 7.11. The van der Waals surface area contributed by atoms with Gasteiger partial charge in [-0.05, 0) is 32.7 Å². The lowest BCUT2D eigenvalue weighted by molar-refractivity contribution is -0.0408. The van der Waals surface area contributed by atoms with Crippen LogP contribution in [0.1, 0.15) is 47.2 Å². The van der Waals surface area contributed by atoms with Crippen molar-refractivity contribution in [2.45, 2.75) is 50.9 Å². The molecule has 1 unspecified atom stereocenters. The molecule has 17 heavy (non-hydrogen) atoms. The summed E-state index contributed by atoms with van der Waals surface area (Å²) in [6.45, 7) is 2.52. The van der Waals surface area contributed by atoms with Gasteiger partial charge >= 0.3 is 0 Å². The van der Waals surface area contributed by atoms with Crippen LogP contribution in [0.25, 0.3) is 0 Å². The molecule has 1 atom stereocenters. The Hall–Kier alpha value is -0.550. The molecule has 1 fully saturated rings. The van der Waals surface area contributed by atoms with Gasteiger partial charge in [0, 0.05) is 23.6 Å². The molecule has 2 nitrogen and oxygen atoms in total. The highest BCUT2D eigenvalue weighted by Gasteiger charge is 2.38. The lowest BCUT2D eigenvalue weighted by Crippen LogP contribution is -2.24. The standard InChI is InChI=1S/C12H18F2N2S/c1-8-10(4-6-15)17-11(16-8)9-3-2-5-12(13,14)7-9/h9H,2-7,15H2,1H3. The van der Waals surface area contributed by atoms with Gasteiger partial charge in [0.1, 0.15) is 0 Å². The third-order valence-corrected chi connectivity index (χ3v) is 4.65. The second-order valence-electron chi connectivity index (χ2n) is 4.75. The van der Waals surface area contributed by atoms with Crippen LogP contribution in [0.3, 0.4) is 0 Å². The van der Waals surface area contributed by atoms with Crippen LogP contribution in [0.4, 0.5) is 8.78 Å². The smallest absolute Gasteiger partial charge is 0.248 e. The average Bonchev–Trinajstić information content (AvgIpc) is 2.60. The molecule has 0 radical (unpaired) electrons. The normalized spacial score (nSPS) is 23.9. The molecule has 1 aromatic rings. The second kappa shape index (κ2) is 4.98. The van der Waals surface area contributed by atoms with Crippen molar-refractivity contribution in [1.29, 1.82) is 0 Å². The molecule has 1 aromatic heterocycles. The first-order valence-electron chi connectivity index (χ1n) is 6.06. The highest BCUT2D eigenvalue weighted by atomic mass is 32.1. The van der Waals surface area contributed by atoms with E-state index in [2.05, 4.69) is 4.98 Å². The molecule has 96 valence electrons. The van der Waals surface area contributed by atoms with Gasteiger partial charge in [-0.25, -0.2) is 13.8 Å². The van der Waals surface area contributed by atoms with E-state index in [0.29, 0.717) is 13.0 Å². The molecule has 1 aliphatic carbocycles. The van der Waals surface area contributed by atoms with Crippen molar-refractivity contribution in [3.63, 3.8) is 0 Å². The number of thiazole rings is 1. The highest BCUT2D eigenvalue weighted by Crippen LogP contribution is 2.43. The summed E-state index contributed by atoms with van der Waals surface area (Å²) in [4.78, 5) is 5.60. The quantitative estimate of drug-likeness (QED) is 0.906. The predicted octanol–water partition coefficient (Wildman–Crippen LogP) is 3.25. The van der Waals surface area contributed by atoms with Crippen LogP contribution in [0, 0.1) is 6.92 Å². The fourth-order valence-electron chi connectivity index (χ4n) is 2.37. The molecule has 0 bridgehead atoms. The minimum Gasteiger partial charge on any atom is -0.330 e. The van der Waals surface area contributed by atoms with E-state index in [1.54, 1.807) is 11.3 Å². The molecule has 0 aromatic carbocycles. The molecule has 0 spiro atoms. The molecule has 2 rings (SSSR count). The Morgan fingerprint density at radius 2 is 2.29 bits per heavy atom. The van der Waals surface area contributed by atoms with Crippen LogP contribution in [0.15, 0.2) is 0 Å². The van der Waals surface area contributed by atoms with E-state index in [9.17, 15) is 8.78 Å². The Morgan fingerprint density at radius 1 is 1.53 bits per heavy atom. The van der Waals surface area contributed by atoms with E-state index in [1.807, 2.05) is 6.92 Å². The number of aryl methyl sites for hydroxylation is 1. The molecule has 0 saturated heterocycles. The number of rotatable bonds is 3. The molecule has 2 N–H and O–H groups in total. The number of nitrogens with zero attached hydrogens (tertiary/aromatic N) is 1. The van der Waals surface area contributed by atoms with Gasteiger partial charge in [-0.2, -0.15) is 0 Å². The van der Waals surface area contributed by atoms with Gasteiger partial charge in [0.2, 0.25) is 5.92 Å². The van der Waals surface area contributed by atoms with Crippen molar-refractivity contribution in [3.8, 4) is 0 Å². The Morgan fingerprint density at radius 3 is 2.94 bits per heavy atom. The van der Waals surface area contributed by atoms with Crippen LogP contribution in [0.5, 0.6) is 0 Å². The fraction of sp³-hybridized carbons (Fsp3) is 0.750. The van der Waals surface area contributed by atoms with Crippen molar-refractivity contribution in [2.24, 2.45) is 5.73 Å². The van der Waals surface area contributed by atoms with Gasteiger partial charge in [-0.15, -0.1) is 11.3 Å².